The van der Waals surface area contributed by atoms with Crippen LogP contribution in [0.4, 0.5) is 0 Å². The Morgan fingerprint density at radius 3 is 2.81 bits per heavy atom. The number of aromatic nitrogens is 2. The molecule has 0 aromatic carbocycles. The predicted octanol–water partition coefficient (Wildman–Crippen LogP) is 0.178. The van der Waals surface area contributed by atoms with E-state index in [4.69, 9.17) is 4.74 Å². The van der Waals surface area contributed by atoms with Crippen molar-refractivity contribution in [3.8, 4) is 0 Å². The Labute approximate surface area is 158 Å². The lowest BCUT2D eigenvalue weighted by Gasteiger charge is -2.35. The normalized spacial score (nSPS) is 21.1. The van der Waals surface area contributed by atoms with Crippen molar-refractivity contribution in [3.63, 3.8) is 0 Å². The minimum Gasteiger partial charge on any atom is -0.384 e. The standard InChI is InChI=1S/C17H26N4O5S/c1-26-10-7-15(22)21-8-4-3-5-14(21)16-18-13-11-20(27(2,24)25)9-6-12(13)17(23)19-16/h14H,3-11H2,1-2H3,(H,18,19,23)/t14-/m1/s1. The summed E-state index contributed by atoms with van der Waals surface area (Å²) in [4.78, 5) is 34.3. The van der Waals surface area contributed by atoms with E-state index in [9.17, 15) is 18.0 Å². The van der Waals surface area contributed by atoms with E-state index in [0.717, 1.165) is 25.5 Å². The zero-order valence-electron chi connectivity index (χ0n) is 15.7. The summed E-state index contributed by atoms with van der Waals surface area (Å²) >= 11 is 0. The van der Waals surface area contributed by atoms with Crippen LogP contribution in [-0.4, -0.2) is 66.6 Å². The van der Waals surface area contributed by atoms with Crippen molar-refractivity contribution in [1.82, 2.24) is 19.2 Å². The lowest BCUT2D eigenvalue weighted by Crippen LogP contribution is -2.42. The van der Waals surface area contributed by atoms with Crippen LogP contribution in [0.2, 0.25) is 0 Å². The molecule has 10 heteroatoms. The monoisotopic (exact) mass is 398 g/mol. The number of amides is 1. The number of carbonyl (C=O) groups excluding carboxylic acids is 1. The average Bonchev–Trinajstić information content (AvgIpc) is 2.65. The van der Waals surface area contributed by atoms with Gasteiger partial charge in [-0.25, -0.2) is 13.4 Å². The van der Waals surface area contributed by atoms with E-state index in [0.29, 0.717) is 36.7 Å². The van der Waals surface area contributed by atoms with Crippen molar-refractivity contribution in [1.29, 1.82) is 0 Å². The fraction of sp³-hybridized carbons (Fsp3) is 0.706. The van der Waals surface area contributed by atoms with Gasteiger partial charge in [0.2, 0.25) is 15.9 Å². The third-order valence-corrected chi connectivity index (χ3v) is 6.43. The molecule has 1 amide bonds. The molecule has 0 aliphatic carbocycles. The van der Waals surface area contributed by atoms with Crippen LogP contribution in [0.1, 0.15) is 48.8 Å². The number of rotatable bonds is 5. The molecule has 3 rings (SSSR count). The minimum absolute atomic E-state index is 0.0281. The van der Waals surface area contributed by atoms with Gasteiger partial charge in [0, 0.05) is 25.8 Å². The molecule has 1 aromatic rings. The Balaban J connectivity index is 1.91. The molecule has 1 fully saturated rings. The first-order valence-corrected chi connectivity index (χ1v) is 11.0. The van der Waals surface area contributed by atoms with Crippen LogP contribution >= 0.6 is 0 Å². The molecule has 1 aromatic heterocycles. The molecule has 0 bridgehead atoms. The maximum atomic E-state index is 12.5. The topological polar surface area (TPSA) is 113 Å². The SMILES string of the molecule is COCCC(=O)N1CCCC[C@@H]1c1nc2c(c(=O)[nH]1)CCN(S(C)(=O)=O)C2. The van der Waals surface area contributed by atoms with Crippen molar-refractivity contribution in [3.05, 3.63) is 27.4 Å². The maximum Gasteiger partial charge on any atom is 0.254 e. The molecule has 27 heavy (non-hydrogen) atoms. The van der Waals surface area contributed by atoms with Gasteiger partial charge in [0.15, 0.2) is 0 Å². The summed E-state index contributed by atoms with van der Waals surface area (Å²) in [5.74, 6) is 0.416. The smallest absolute Gasteiger partial charge is 0.254 e. The number of hydrogen-bond acceptors (Lipinski definition) is 6. The molecular formula is C17H26N4O5S. The molecule has 3 heterocycles. The average molecular weight is 398 g/mol. The third kappa shape index (κ3) is 4.39. The molecule has 2 aliphatic heterocycles. The van der Waals surface area contributed by atoms with E-state index in [1.165, 1.54) is 4.31 Å². The number of sulfonamides is 1. The zero-order chi connectivity index (χ0) is 19.6. The number of aromatic amines is 1. The second-order valence-electron chi connectivity index (χ2n) is 7.06. The number of piperidine rings is 1. The van der Waals surface area contributed by atoms with E-state index in [1.807, 2.05) is 0 Å². The van der Waals surface area contributed by atoms with Crippen LogP contribution in [-0.2, 0) is 32.5 Å². The van der Waals surface area contributed by atoms with Crippen molar-refractivity contribution in [2.45, 2.75) is 44.7 Å². The highest BCUT2D eigenvalue weighted by Crippen LogP contribution is 2.30. The molecule has 150 valence electrons. The van der Waals surface area contributed by atoms with Gasteiger partial charge in [-0.05, 0) is 25.7 Å². The van der Waals surface area contributed by atoms with Crippen molar-refractivity contribution >= 4 is 15.9 Å². The molecule has 1 atom stereocenters. The van der Waals surface area contributed by atoms with Gasteiger partial charge in [-0.2, -0.15) is 4.31 Å². The molecule has 0 spiro atoms. The zero-order valence-corrected chi connectivity index (χ0v) is 16.5. The molecule has 1 saturated heterocycles. The molecule has 1 N–H and O–H groups in total. The van der Waals surface area contributed by atoms with Crippen LogP contribution in [0.5, 0.6) is 0 Å². The number of fused-ring (bicyclic) bond motifs is 1. The van der Waals surface area contributed by atoms with Gasteiger partial charge in [-0.15, -0.1) is 0 Å². The summed E-state index contributed by atoms with van der Waals surface area (Å²) in [5, 5.41) is 0. The summed E-state index contributed by atoms with van der Waals surface area (Å²) in [6, 6.07) is -0.297. The summed E-state index contributed by atoms with van der Waals surface area (Å²) in [6.07, 6.45) is 4.34. The number of ether oxygens (including phenoxy) is 1. The Kier molecular flexibility index (Phi) is 5.97. The van der Waals surface area contributed by atoms with Gasteiger partial charge >= 0.3 is 0 Å². The fourth-order valence-corrected chi connectivity index (χ4v) is 4.50. The van der Waals surface area contributed by atoms with Crippen LogP contribution in [0, 0.1) is 0 Å². The lowest BCUT2D eigenvalue weighted by atomic mass is 10.00. The van der Waals surface area contributed by atoms with E-state index in [-0.39, 0.29) is 37.0 Å². The van der Waals surface area contributed by atoms with Crippen LogP contribution < -0.4 is 5.56 Å². The summed E-state index contributed by atoms with van der Waals surface area (Å²) in [6.45, 7) is 1.33. The highest BCUT2D eigenvalue weighted by atomic mass is 32.2. The molecule has 0 saturated carbocycles. The van der Waals surface area contributed by atoms with Gasteiger partial charge in [0.25, 0.3) is 5.56 Å². The highest BCUT2D eigenvalue weighted by molar-refractivity contribution is 7.88. The Bertz CT molecular complexity index is 867. The van der Waals surface area contributed by atoms with Gasteiger partial charge in [-0.1, -0.05) is 0 Å². The first-order valence-electron chi connectivity index (χ1n) is 9.16. The summed E-state index contributed by atoms with van der Waals surface area (Å²) < 4.78 is 30.0. The first kappa shape index (κ1) is 20.0. The van der Waals surface area contributed by atoms with Crippen LogP contribution in [0.15, 0.2) is 4.79 Å². The van der Waals surface area contributed by atoms with Crippen molar-refractivity contribution in [2.75, 3.05) is 33.1 Å². The second kappa shape index (κ2) is 8.07. The van der Waals surface area contributed by atoms with Gasteiger partial charge in [-0.3, -0.25) is 9.59 Å². The number of hydrogen-bond donors (Lipinski definition) is 1. The largest absolute Gasteiger partial charge is 0.384 e. The van der Waals surface area contributed by atoms with Gasteiger partial charge in [0.1, 0.15) is 5.82 Å². The Morgan fingerprint density at radius 1 is 1.33 bits per heavy atom. The van der Waals surface area contributed by atoms with Gasteiger partial charge < -0.3 is 14.6 Å². The predicted molar refractivity (Wildman–Crippen MR) is 98.6 cm³/mol. The first-order chi connectivity index (χ1) is 12.8. The number of H-pyrrole nitrogens is 1. The van der Waals surface area contributed by atoms with E-state index in [1.54, 1.807) is 12.0 Å². The van der Waals surface area contributed by atoms with Crippen molar-refractivity contribution < 1.29 is 17.9 Å². The molecule has 2 aliphatic rings. The van der Waals surface area contributed by atoms with Crippen LogP contribution in [0.3, 0.4) is 0 Å². The Morgan fingerprint density at radius 2 is 2.11 bits per heavy atom. The Hall–Kier alpha value is -1.78. The summed E-state index contributed by atoms with van der Waals surface area (Å²) in [5.41, 5.74) is 0.782. The quantitative estimate of drug-likeness (QED) is 0.757. The molecule has 0 unspecified atom stereocenters. The maximum absolute atomic E-state index is 12.5. The van der Waals surface area contributed by atoms with Crippen molar-refractivity contribution in [2.24, 2.45) is 0 Å². The molecular weight excluding hydrogens is 372 g/mol. The van der Waals surface area contributed by atoms with E-state index >= 15 is 0 Å². The van der Waals surface area contributed by atoms with E-state index < -0.39 is 10.0 Å². The summed E-state index contributed by atoms with van der Waals surface area (Å²) in [7, 11) is -1.80. The number of nitrogens with zero attached hydrogens (tertiary/aromatic N) is 3. The second-order valence-corrected chi connectivity index (χ2v) is 9.05. The van der Waals surface area contributed by atoms with Crippen LogP contribution in [0.25, 0.3) is 0 Å². The highest BCUT2D eigenvalue weighted by Gasteiger charge is 2.32. The fourth-order valence-electron chi connectivity index (χ4n) is 3.72. The number of likely N-dealkylation sites (tertiary alicyclic amines) is 1. The third-order valence-electron chi connectivity index (χ3n) is 5.18. The minimum atomic E-state index is -3.35. The van der Waals surface area contributed by atoms with E-state index in [2.05, 4.69) is 9.97 Å². The number of carbonyl (C=O) groups is 1. The van der Waals surface area contributed by atoms with Gasteiger partial charge in [0.05, 0.1) is 37.6 Å². The molecule has 0 radical (unpaired) electrons. The lowest BCUT2D eigenvalue weighted by molar-refractivity contribution is -0.136. The molecule has 9 nitrogen and oxygen atoms in total. The number of nitrogens with one attached hydrogen (secondary N) is 1. The number of methoxy groups -OCH3 is 1.